The van der Waals surface area contributed by atoms with Gasteiger partial charge >= 0.3 is 0 Å². The van der Waals surface area contributed by atoms with Crippen molar-refractivity contribution in [2.45, 2.75) is 26.3 Å². The first-order valence-corrected chi connectivity index (χ1v) is 6.63. The lowest BCUT2D eigenvalue weighted by molar-refractivity contribution is -0.125. The summed E-state index contributed by atoms with van der Waals surface area (Å²) in [5, 5.41) is 2.84. The second-order valence-electron chi connectivity index (χ2n) is 4.87. The number of nitrogens with one attached hydrogen (secondary N) is 1. The van der Waals surface area contributed by atoms with Gasteiger partial charge in [-0.25, -0.2) is 0 Å². The molecule has 3 N–H and O–H groups in total. The molecule has 20 heavy (non-hydrogen) atoms. The minimum atomic E-state index is -0.235. The first-order chi connectivity index (χ1) is 9.51. The molecule has 1 unspecified atom stereocenters. The number of ether oxygens (including phenoxy) is 1. The van der Waals surface area contributed by atoms with Crippen molar-refractivity contribution < 1.29 is 14.3 Å². The number of fused-ring (bicyclic) bond motifs is 1. The topological polar surface area (TPSA) is 84.7 Å². The fourth-order valence-corrected chi connectivity index (χ4v) is 1.96. The maximum atomic E-state index is 11.9. The van der Waals surface area contributed by atoms with Gasteiger partial charge in [0, 0.05) is 17.8 Å². The molecule has 1 heterocycles. The van der Waals surface area contributed by atoms with Gasteiger partial charge in [-0.15, -0.1) is 0 Å². The predicted molar refractivity (Wildman–Crippen MR) is 76.6 cm³/mol. The first kappa shape index (κ1) is 14.2. The molecule has 0 fully saturated rings. The third kappa shape index (κ3) is 3.01. The normalized spacial score (nSPS) is 15.3. The number of anilines is 2. The molecule has 0 bridgehead atoms. The fraction of sp³-hybridized carbons (Fsp3) is 0.429. The van der Waals surface area contributed by atoms with E-state index in [0.717, 1.165) is 6.42 Å². The molecule has 6 nitrogen and oxygen atoms in total. The standard InChI is InChI=1S/C14H19N3O3/c1-3-9(2)16-13(18)7-17-11-5-4-10(15)6-12(11)20-8-14(17)19/h4-6,9H,3,7-8,15H2,1-2H3,(H,16,18). The number of benzene rings is 1. The number of carbonyl (C=O) groups excluding carboxylic acids is 2. The summed E-state index contributed by atoms with van der Waals surface area (Å²) in [5.41, 5.74) is 6.82. The summed E-state index contributed by atoms with van der Waals surface area (Å²) in [6.45, 7) is 3.83. The lowest BCUT2D eigenvalue weighted by atomic mass is 10.2. The van der Waals surface area contributed by atoms with Gasteiger partial charge in [0.2, 0.25) is 5.91 Å². The van der Waals surface area contributed by atoms with Gasteiger partial charge in [0.15, 0.2) is 6.61 Å². The molecular formula is C14H19N3O3. The summed E-state index contributed by atoms with van der Waals surface area (Å²) in [6.07, 6.45) is 0.843. The van der Waals surface area contributed by atoms with Crippen LogP contribution in [0.1, 0.15) is 20.3 Å². The van der Waals surface area contributed by atoms with Crippen LogP contribution < -0.4 is 20.7 Å². The number of nitrogens with two attached hydrogens (primary N) is 1. The number of hydrogen-bond acceptors (Lipinski definition) is 4. The second kappa shape index (κ2) is 5.81. The highest BCUT2D eigenvalue weighted by Crippen LogP contribution is 2.33. The first-order valence-electron chi connectivity index (χ1n) is 6.63. The number of carbonyl (C=O) groups is 2. The minimum Gasteiger partial charge on any atom is -0.481 e. The zero-order valence-corrected chi connectivity index (χ0v) is 11.7. The van der Waals surface area contributed by atoms with E-state index in [4.69, 9.17) is 10.5 Å². The van der Waals surface area contributed by atoms with Crippen molar-refractivity contribution in [3.05, 3.63) is 18.2 Å². The van der Waals surface area contributed by atoms with Crippen LogP contribution in [0.25, 0.3) is 0 Å². The van der Waals surface area contributed by atoms with Crippen LogP contribution in [0.3, 0.4) is 0 Å². The van der Waals surface area contributed by atoms with E-state index in [1.807, 2.05) is 13.8 Å². The van der Waals surface area contributed by atoms with Crippen molar-refractivity contribution in [3.8, 4) is 5.75 Å². The Labute approximate surface area is 117 Å². The van der Waals surface area contributed by atoms with Gasteiger partial charge in [-0.1, -0.05) is 6.92 Å². The van der Waals surface area contributed by atoms with Crippen molar-refractivity contribution in [1.82, 2.24) is 5.32 Å². The molecule has 0 aliphatic carbocycles. The van der Waals surface area contributed by atoms with Crippen LogP contribution >= 0.6 is 0 Å². The van der Waals surface area contributed by atoms with Gasteiger partial charge in [0.25, 0.3) is 5.91 Å². The van der Waals surface area contributed by atoms with Crippen LogP contribution in [0.2, 0.25) is 0 Å². The van der Waals surface area contributed by atoms with Crippen molar-refractivity contribution in [1.29, 1.82) is 0 Å². The van der Waals surface area contributed by atoms with Gasteiger partial charge in [-0.05, 0) is 25.5 Å². The SMILES string of the molecule is CCC(C)NC(=O)CN1C(=O)COc2cc(N)ccc21. The van der Waals surface area contributed by atoms with Crippen molar-refractivity contribution in [2.75, 3.05) is 23.8 Å². The van der Waals surface area contributed by atoms with Gasteiger partial charge in [-0.2, -0.15) is 0 Å². The summed E-state index contributed by atoms with van der Waals surface area (Å²) in [6, 6.07) is 5.12. The van der Waals surface area contributed by atoms with E-state index < -0.39 is 0 Å². The lowest BCUT2D eigenvalue weighted by Gasteiger charge is -2.29. The maximum Gasteiger partial charge on any atom is 0.265 e. The van der Waals surface area contributed by atoms with Crippen molar-refractivity contribution >= 4 is 23.2 Å². The van der Waals surface area contributed by atoms with E-state index in [1.54, 1.807) is 18.2 Å². The lowest BCUT2D eigenvalue weighted by Crippen LogP contribution is -2.46. The molecule has 0 saturated carbocycles. The summed E-state index contributed by atoms with van der Waals surface area (Å²) in [4.78, 5) is 25.3. The van der Waals surface area contributed by atoms with Gasteiger partial charge < -0.3 is 15.8 Å². The molecule has 108 valence electrons. The molecule has 0 spiro atoms. The van der Waals surface area contributed by atoms with E-state index in [0.29, 0.717) is 17.1 Å². The Balaban J connectivity index is 2.15. The third-order valence-electron chi connectivity index (χ3n) is 3.25. The van der Waals surface area contributed by atoms with E-state index in [9.17, 15) is 9.59 Å². The van der Waals surface area contributed by atoms with Gasteiger partial charge in [-0.3, -0.25) is 14.5 Å². The van der Waals surface area contributed by atoms with Crippen molar-refractivity contribution in [2.24, 2.45) is 0 Å². The number of amides is 2. The highest BCUT2D eigenvalue weighted by Gasteiger charge is 2.27. The molecule has 2 rings (SSSR count). The Bertz CT molecular complexity index is 530. The molecule has 2 amide bonds. The average Bonchev–Trinajstić information content (AvgIpc) is 2.41. The molecule has 0 aromatic heterocycles. The second-order valence-corrected chi connectivity index (χ2v) is 4.87. The average molecular weight is 277 g/mol. The van der Waals surface area contributed by atoms with E-state index in [1.165, 1.54) is 4.90 Å². The molecular weight excluding hydrogens is 258 g/mol. The molecule has 1 aliphatic heterocycles. The smallest absolute Gasteiger partial charge is 0.265 e. The highest BCUT2D eigenvalue weighted by atomic mass is 16.5. The maximum absolute atomic E-state index is 11.9. The molecule has 1 aromatic carbocycles. The summed E-state index contributed by atoms with van der Waals surface area (Å²) >= 11 is 0. The molecule has 6 heteroatoms. The largest absolute Gasteiger partial charge is 0.481 e. The van der Waals surface area contributed by atoms with Crippen LogP contribution in [-0.4, -0.2) is 31.0 Å². The number of hydrogen-bond donors (Lipinski definition) is 2. The van der Waals surface area contributed by atoms with E-state index in [2.05, 4.69) is 5.32 Å². The fourth-order valence-electron chi connectivity index (χ4n) is 1.96. The molecule has 0 saturated heterocycles. The number of nitrogens with zero attached hydrogens (tertiary/aromatic N) is 1. The van der Waals surface area contributed by atoms with E-state index in [-0.39, 0.29) is 31.0 Å². The molecule has 1 atom stereocenters. The summed E-state index contributed by atoms with van der Waals surface area (Å²) in [7, 11) is 0. The van der Waals surface area contributed by atoms with E-state index >= 15 is 0 Å². The van der Waals surface area contributed by atoms with Crippen molar-refractivity contribution in [3.63, 3.8) is 0 Å². The monoisotopic (exact) mass is 277 g/mol. The van der Waals surface area contributed by atoms with Crippen LogP contribution in [0.15, 0.2) is 18.2 Å². The molecule has 1 aliphatic rings. The van der Waals surface area contributed by atoms with Gasteiger partial charge in [0.05, 0.1) is 5.69 Å². The van der Waals surface area contributed by atoms with Crippen LogP contribution in [-0.2, 0) is 9.59 Å². The zero-order valence-electron chi connectivity index (χ0n) is 11.7. The number of nitrogen functional groups attached to an aromatic ring is 1. The highest BCUT2D eigenvalue weighted by molar-refractivity contribution is 6.02. The third-order valence-corrected chi connectivity index (χ3v) is 3.25. The Kier molecular flexibility index (Phi) is 4.12. The Morgan fingerprint density at radius 3 is 3.00 bits per heavy atom. The zero-order chi connectivity index (χ0) is 14.7. The Morgan fingerprint density at radius 1 is 1.55 bits per heavy atom. The Hall–Kier alpha value is -2.24. The molecule has 0 radical (unpaired) electrons. The minimum absolute atomic E-state index is 0.0105. The van der Waals surface area contributed by atoms with Crippen LogP contribution in [0, 0.1) is 0 Å². The van der Waals surface area contributed by atoms with Crippen LogP contribution in [0.5, 0.6) is 5.75 Å². The predicted octanol–water partition coefficient (Wildman–Crippen LogP) is 0.909. The van der Waals surface area contributed by atoms with Crippen LogP contribution in [0.4, 0.5) is 11.4 Å². The summed E-state index contributed by atoms with van der Waals surface area (Å²) in [5.74, 6) is 0.111. The summed E-state index contributed by atoms with van der Waals surface area (Å²) < 4.78 is 5.33. The molecule has 1 aromatic rings. The Morgan fingerprint density at radius 2 is 2.30 bits per heavy atom. The van der Waals surface area contributed by atoms with Gasteiger partial charge in [0.1, 0.15) is 12.3 Å². The quantitative estimate of drug-likeness (QED) is 0.801. The number of rotatable bonds is 4.